The van der Waals surface area contributed by atoms with Crippen molar-refractivity contribution in [3.05, 3.63) is 35.4 Å². The van der Waals surface area contributed by atoms with Crippen LogP contribution in [0.3, 0.4) is 0 Å². The number of carbonyl (C=O) groups is 2. The molecule has 0 saturated carbocycles. The second-order valence-corrected chi connectivity index (χ2v) is 6.90. The summed E-state index contributed by atoms with van der Waals surface area (Å²) in [5.41, 5.74) is 1.85. The van der Waals surface area contributed by atoms with Crippen molar-refractivity contribution >= 4 is 11.9 Å². The van der Waals surface area contributed by atoms with E-state index in [0.29, 0.717) is 25.1 Å². The maximum absolute atomic E-state index is 12.6. The van der Waals surface area contributed by atoms with Crippen molar-refractivity contribution in [2.45, 2.75) is 46.1 Å². The molecular weight excluding hydrogens is 316 g/mol. The molecule has 0 spiro atoms. The molecule has 5 heteroatoms. The Balaban J connectivity index is 1.98. The monoisotopic (exact) mass is 346 g/mol. The van der Waals surface area contributed by atoms with Crippen LogP contribution in [0.5, 0.6) is 0 Å². The molecular formula is C20H30N2O3. The Morgan fingerprint density at radius 2 is 1.80 bits per heavy atom. The lowest BCUT2D eigenvalue weighted by atomic mass is 9.97. The van der Waals surface area contributed by atoms with Crippen LogP contribution < -0.4 is 0 Å². The first-order chi connectivity index (χ1) is 12.0. The second-order valence-electron chi connectivity index (χ2n) is 6.90. The molecule has 1 aromatic carbocycles. The van der Waals surface area contributed by atoms with Crippen LogP contribution in [-0.4, -0.2) is 53.0 Å². The van der Waals surface area contributed by atoms with Gasteiger partial charge in [0.1, 0.15) is 0 Å². The van der Waals surface area contributed by atoms with E-state index >= 15 is 0 Å². The molecule has 0 radical (unpaired) electrons. The molecule has 1 heterocycles. The summed E-state index contributed by atoms with van der Waals surface area (Å²) < 4.78 is 0. The third-order valence-electron chi connectivity index (χ3n) is 4.74. The fourth-order valence-corrected chi connectivity index (χ4v) is 3.46. The summed E-state index contributed by atoms with van der Waals surface area (Å²) >= 11 is 0. The van der Waals surface area contributed by atoms with Gasteiger partial charge in [0.15, 0.2) is 0 Å². The second kappa shape index (κ2) is 9.56. The number of nitrogens with zero attached hydrogens (tertiary/aromatic N) is 2. The Hall–Kier alpha value is -1.88. The number of rotatable bonds is 8. The van der Waals surface area contributed by atoms with Crippen molar-refractivity contribution in [1.82, 2.24) is 9.80 Å². The zero-order valence-corrected chi connectivity index (χ0v) is 15.4. The number of piperidine rings is 1. The molecule has 0 bridgehead atoms. The van der Waals surface area contributed by atoms with Gasteiger partial charge < -0.3 is 10.0 Å². The highest BCUT2D eigenvalue weighted by Gasteiger charge is 2.28. The highest BCUT2D eigenvalue weighted by atomic mass is 16.4. The lowest BCUT2D eigenvalue weighted by Crippen LogP contribution is -2.42. The van der Waals surface area contributed by atoms with Crippen molar-refractivity contribution in [2.24, 2.45) is 5.92 Å². The quantitative estimate of drug-likeness (QED) is 0.785. The van der Waals surface area contributed by atoms with Gasteiger partial charge in [0.05, 0.1) is 5.92 Å². The van der Waals surface area contributed by atoms with Crippen LogP contribution in [0.2, 0.25) is 0 Å². The standard InChI is InChI=1S/C20H30N2O3/c1-3-11-21(12-4-2)14-16-7-9-17(10-8-16)19(23)22-13-5-6-18(15-22)20(24)25/h7-10,18H,3-6,11-15H2,1-2H3,(H,24,25)/t18-/m1/s1. The molecule has 0 unspecified atom stereocenters. The van der Waals surface area contributed by atoms with Gasteiger partial charge in [0.25, 0.3) is 5.91 Å². The zero-order valence-electron chi connectivity index (χ0n) is 15.4. The normalized spacial score (nSPS) is 17.7. The lowest BCUT2D eigenvalue weighted by molar-refractivity contribution is -0.143. The molecule has 1 aromatic rings. The number of hydrogen-bond acceptors (Lipinski definition) is 3. The first-order valence-electron chi connectivity index (χ1n) is 9.38. The molecule has 5 nitrogen and oxygen atoms in total. The van der Waals surface area contributed by atoms with Gasteiger partial charge in [0, 0.05) is 25.2 Å². The van der Waals surface area contributed by atoms with E-state index in [1.54, 1.807) is 4.90 Å². The fraction of sp³-hybridized carbons (Fsp3) is 0.600. The van der Waals surface area contributed by atoms with Crippen LogP contribution in [0.4, 0.5) is 0 Å². The number of hydrogen-bond donors (Lipinski definition) is 1. The van der Waals surface area contributed by atoms with Gasteiger partial charge >= 0.3 is 5.97 Å². The highest BCUT2D eigenvalue weighted by Crippen LogP contribution is 2.19. The number of amides is 1. The predicted molar refractivity (Wildman–Crippen MR) is 98.6 cm³/mol. The lowest BCUT2D eigenvalue weighted by Gasteiger charge is -2.30. The smallest absolute Gasteiger partial charge is 0.308 e. The Labute approximate surface area is 150 Å². The van der Waals surface area contributed by atoms with E-state index in [1.807, 2.05) is 24.3 Å². The summed E-state index contributed by atoms with van der Waals surface area (Å²) in [6.45, 7) is 8.40. The van der Waals surface area contributed by atoms with Crippen LogP contribution in [0.15, 0.2) is 24.3 Å². The Morgan fingerprint density at radius 1 is 1.16 bits per heavy atom. The molecule has 138 valence electrons. The van der Waals surface area contributed by atoms with Gasteiger partial charge in [-0.2, -0.15) is 0 Å². The van der Waals surface area contributed by atoms with Crippen LogP contribution in [0.1, 0.15) is 55.5 Å². The van der Waals surface area contributed by atoms with Crippen molar-refractivity contribution in [3.63, 3.8) is 0 Å². The first kappa shape index (κ1) is 19.4. The van der Waals surface area contributed by atoms with Crippen molar-refractivity contribution in [3.8, 4) is 0 Å². The largest absolute Gasteiger partial charge is 0.481 e. The SMILES string of the molecule is CCCN(CCC)Cc1ccc(C(=O)N2CCC[C@@H](C(=O)O)C2)cc1. The minimum Gasteiger partial charge on any atom is -0.481 e. The van der Waals surface area contributed by atoms with Crippen LogP contribution in [0.25, 0.3) is 0 Å². The molecule has 25 heavy (non-hydrogen) atoms. The molecule has 1 N–H and O–H groups in total. The number of carboxylic acids is 1. The van der Waals surface area contributed by atoms with Gasteiger partial charge in [-0.3, -0.25) is 14.5 Å². The minimum absolute atomic E-state index is 0.0588. The van der Waals surface area contributed by atoms with Gasteiger partial charge in [-0.25, -0.2) is 0 Å². The van der Waals surface area contributed by atoms with E-state index in [0.717, 1.165) is 38.9 Å². The highest BCUT2D eigenvalue weighted by molar-refractivity contribution is 5.94. The Bertz CT molecular complexity index is 565. The summed E-state index contributed by atoms with van der Waals surface area (Å²) in [7, 11) is 0. The average molecular weight is 346 g/mol. The van der Waals surface area contributed by atoms with Crippen molar-refractivity contribution in [2.75, 3.05) is 26.2 Å². The van der Waals surface area contributed by atoms with E-state index in [-0.39, 0.29) is 5.91 Å². The molecule has 1 amide bonds. The van der Waals surface area contributed by atoms with Crippen molar-refractivity contribution < 1.29 is 14.7 Å². The van der Waals surface area contributed by atoms with E-state index in [4.69, 9.17) is 0 Å². The predicted octanol–water partition coefficient (Wildman–Crippen LogP) is 3.25. The summed E-state index contributed by atoms with van der Waals surface area (Å²) in [6.07, 6.45) is 3.68. The maximum Gasteiger partial charge on any atom is 0.308 e. The molecule has 1 fully saturated rings. The Morgan fingerprint density at radius 3 is 2.36 bits per heavy atom. The van der Waals surface area contributed by atoms with Crippen LogP contribution in [0, 0.1) is 5.92 Å². The topological polar surface area (TPSA) is 60.9 Å². The van der Waals surface area contributed by atoms with E-state index in [1.165, 1.54) is 5.56 Å². The van der Waals surface area contributed by atoms with Gasteiger partial charge in [-0.1, -0.05) is 26.0 Å². The fourth-order valence-electron chi connectivity index (χ4n) is 3.46. The van der Waals surface area contributed by atoms with E-state index in [9.17, 15) is 14.7 Å². The average Bonchev–Trinajstić information content (AvgIpc) is 2.62. The molecule has 1 saturated heterocycles. The molecule has 1 aliphatic rings. The number of aliphatic carboxylic acids is 1. The van der Waals surface area contributed by atoms with Crippen molar-refractivity contribution in [1.29, 1.82) is 0 Å². The van der Waals surface area contributed by atoms with Gasteiger partial charge in [-0.15, -0.1) is 0 Å². The zero-order chi connectivity index (χ0) is 18.2. The van der Waals surface area contributed by atoms with Crippen LogP contribution in [-0.2, 0) is 11.3 Å². The summed E-state index contributed by atoms with van der Waals surface area (Å²) in [6, 6.07) is 7.78. The molecule has 0 aliphatic carbocycles. The summed E-state index contributed by atoms with van der Waals surface area (Å²) in [4.78, 5) is 27.9. The third-order valence-corrected chi connectivity index (χ3v) is 4.74. The van der Waals surface area contributed by atoms with E-state index < -0.39 is 11.9 Å². The first-order valence-corrected chi connectivity index (χ1v) is 9.38. The third kappa shape index (κ3) is 5.56. The maximum atomic E-state index is 12.6. The summed E-state index contributed by atoms with van der Waals surface area (Å²) in [5, 5.41) is 9.17. The van der Waals surface area contributed by atoms with Crippen LogP contribution >= 0.6 is 0 Å². The van der Waals surface area contributed by atoms with Gasteiger partial charge in [-0.05, 0) is 56.5 Å². The summed E-state index contributed by atoms with van der Waals surface area (Å²) in [5.74, 6) is -1.30. The van der Waals surface area contributed by atoms with E-state index in [2.05, 4.69) is 18.7 Å². The molecule has 1 aliphatic heterocycles. The number of benzene rings is 1. The Kier molecular flexibility index (Phi) is 7.44. The number of carboxylic acid groups (broad SMARTS) is 1. The number of carbonyl (C=O) groups excluding carboxylic acids is 1. The van der Waals surface area contributed by atoms with Gasteiger partial charge in [0.2, 0.25) is 0 Å². The molecule has 2 rings (SSSR count). The molecule has 0 aromatic heterocycles. The minimum atomic E-state index is -0.806. The molecule has 1 atom stereocenters. The number of likely N-dealkylation sites (tertiary alicyclic amines) is 1.